The molecule has 0 aliphatic carbocycles. The van der Waals surface area contributed by atoms with Crippen molar-refractivity contribution < 1.29 is 39.2 Å². The predicted octanol–water partition coefficient (Wildman–Crippen LogP) is -0.666. The highest BCUT2D eigenvalue weighted by atomic mass is 16.5. The van der Waals surface area contributed by atoms with Crippen LogP contribution in [-0.4, -0.2) is 45.2 Å². The molecular weight excluding hydrogens is 302 g/mol. The lowest BCUT2D eigenvalue weighted by Crippen LogP contribution is -2.20. The van der Waals surface area contributed by atoms with Crippen molar-refractivity contribution in [3.8, 4) is 0 Å². The highest BCUT2D eigenvalue weighted by Crippen LogP contribution is 1.71. The van der Waals surface area contributed by atoms with Gasteiger partial charge in [-0.1, -0.05) is 6.58 Å². The Bertz CT molecular complexity index is 382. The summed E-state index contributed by atoms with van der Waals surface area (Å²) < 4.78 is 4.17. The second-order valence-corrected chi connectivity index (χ2v) is 2.76. The molecule has 8 N–H and O–H groups in total. The van der Waals surface area contributed by atoms with Gasteiger partial charge in [-0.25, -0.2) is 9.59 Å². The van der Waals surface area contributed by atoms with Gasteiger partial charge in [0.05, 0.1) is 6.26 Å². The molecule has 0 aliphatic rings. The summed E-state index contributed by atoms with van der Waals surface area (Å²) in [5.41, 5.74) is 8.94. The fourth-order valence-corrected chi connectivity index (χ4v) is 0.260. The van der Waals surface area contributed by atoms with Crippen LogP contribution in [0, 0.1) is 5.41 Å². The lowest BCUT2D eigenvalue weighted by molar-refractivity contribution is -0.136. The lowest BCUT2D eigenvalue weighted by atomic mass is 10.5. The first-order valence-corrected chi connectivity index (χ1v) is 5.07. The summed E-state index contributed by atoms with van der Waals surface area (Å²) in [6.45, 7) is 5.56. The zero-order chi connectivity index (χ0) is 18.7. The summed E-state index contributed by atoms with van der Waals surface area (Å²) in [6, 6.07) is 0. The molecule has 0 aromatic carbocycles. The Morgan fingerprint density at radius 3 is 1.27 bits per heavy atom. The van der Waals surface area contributed by atoms with Crippen LogP contribution in [0.3, 0.4) is 0 Å². The van der Waals surface area contributed by atoms with Crippen LogP contribution in [0.25, 0.3) is 0 Å². The largest absolute Gasteiger partial charge is 0.481 e. The van der Waals surface area contributed by atoms with E-state index >= 15 is 0 Å². The van der Waals surface area contributed by atoms with Crippen LogP contribution in [-0.2, 0) is 23.9 Å². The maximum atomic E-state index is 9.75. The van der Waals surface area contributed by atoms with Crippen LogP contribution < -0.4 is 11.5 Å². The smallest absolute Gasteiger partial charge is 0.328 e. The topological polar surface area (TPSA) is 214 Å². The van der Waals surface area contributed by atoms with E-state index in [4.69, 9.17) is 25.5 Å². The number of hydrogen-bond acceptors (Lipinski definition) is 6. The molecular formula is C11H19N3O8. The van der Waals surface area contributed by atoms with Crippen molar-refractivity contribution in [3.63, 3.8) is 0 Å². The van der Waals surface area contributed by atoms with E-state index in [0.717, 1.165) is 13.2 Å². The van der Waals surface area contributed by atoms with Gasteiger partial charge in [-0.2, -0.15) is 0 Å². The molecule has 0 saturated carbocycles. The quantitative estimate of drug-likeness (QED) is 0.127. The number of ether oxygens (including phenoxy) is 1. The molecule has 0 bridgehead atoms. The van der Waals surface area contributed by atoms with Crippen LogP contribution in [0.2, 0.25) is 0 Å². The average Bonchev–Trinajstić information content (AvgIpc) is 2.25. The number of aliphatic carboxylic acids is 3. The van der Waals surface area contributed by atoms with E-state index in [1.165, 1.54) is 6.92 Å². The van der Waals surface area contributed by atoms with Crippen molar-refractivity contribution >= 4 is 29.8 Å². The molecule has 0 amide bonds. The minimum absolute atomic E-state index is 0.329. The van der Waals surface area contributed by atoms with Gasteiger partial charge < -0.3 is 31.5 Å². The first-order valence-electron chi connectivity index (χ1n) is 5.07. The molecule has 0 spiro atoms. The second kappa shape index (κ2) is 20.0. The molecule has 0 unspecified atom stereocenters. The van der Waals surface area contributed by atoms with Gasteiger partial charge in [0.1, 0.15) is 0 Å². The Balaban J connectivity index is -0.000000103. The molecule has 0 radical (unpaired) electrons. The van der Waals surface area contributed by atoms with Gasteiger partial charge in [-0.15, -0.1) is 0 Å². The molecule has 0 aliphatic heterocycles. The highest BCUT2D eigenvalue weighted by Gasteiger charge is 1.88. The maximum absolute atomic E-state index is 9.75. The molecule has 0 aromatic rings. The second-order valence-electron chi connectivity index (χ2n) is 2.76. The van der Waals surface area contributed by atoms with Crippen molar-refractivity contribution in [2.24, 2.45) is 11.5 Å². The Labute approximate surface area is 126 Å². The molecule has 22 heavy (non-hydrogen) atoms. The Kier molecular flexibility index (Phi) is 24.5. The van der Waals surface area contributed by atoms with Crippen LogP contribution in [0.4, 0.5) is 0 Å². The Hall–Kier alpha value is -3.37. The van der Waals surface area contributed by atoms with Gasteiger partial charge >= 0.3 is 17.9 Å². The number of nitrogens with two attached hydrogens (primary N) is 2. The molecule has 0 saturated heterocycles. The zero-order valence-electron chi connectivity index (χ0n) is 12.0. The summed E-state index contributed by atoms with van der Waals surface area (Å²) in [5.74, 6) is -4.01. The Morgan fingerprint density at radius 2 is 1.23 bits per heavy atom. The molecule has 11 heteroatoms. The van der Waals surface area contributed by atoms with Crippen molar-refractivity contribution in [1.82, 2.24) is 0 Å². The van der Waals surface area contributed by atoms with Crippen LogP contribution in [0.15, 0.2) is 25.0 Å². The summed E-state index contributed by atoms with van der Waals surface area (Å²) in [5, 5.41) is 29.1. The molecule has 11 nitrogen and oxygen atoms in total. The van der Waals surface area contributed by atoms with Gasteiger partial charge in [0.2, 0.25) is 0 Å². The SMILES string of the molecule is C=COC(C)=O.CC(=O)O.N=C(N)N.O=C(O)/C=C\C(=O)O. The fraction of sp³-hybridized carbons (Fsp3) is 0.182. The molecule has 0 atom stereocenters. The Morgan fingerprint density at radius 1 is 1.00 bits per heavy atom. The third-order valence-electron chi connectivity index (χ3n) is 0.618. The monoisotopic (exact) mass is 321 g/mol. The minimum Gasteiger partial charge on any atom is -0.481 e. The fourth-order valence-electron chi connectivity index (χ4n) is 0.260. The van der Waals surface area contributed by atoms with Crippen molar-refractivity contribution in [1.29, 1.82) is 5.41 Å². The number of carboxylic acid groups (broad SMARTS) is 3. The first-order chi connectivity index (χ1) is 9.86. The lowest BCUT2D eigenvalue weighted by Gasteiger charge is -1.83. The predicted molar refractivity (Wildman–Crippen MR) is 75.8 cm³/mol. The number of guanidine groups is 1. The van der Waals surface area contributed by atoms with E-state index in [1.54, 1.807) is 0 Å². The van der Waals surface area contributed by atoms with E-state index in [0.29, 0.717) is 12.2 Å². The van der Waals surface area contributed by atoms with E-state index in [9.17, 15) is 14.4 Å². The number of rotatable bonds is 3. The third kappa shape index (κ3) is 190. The van der Waals surface area contributed by atoms with Crippen molar-refractivity contribution in [3.05, 3.63) is 25.0 Å². The van der Waals surface area contributed by atoms with E-state index in [2.05, 4.69) is 22.8 Å². The standard InChI is InChI=1S/C4H4O4.C4H6O2.C2H4O2.CH5N3/c5-3(6)1-2-4(7)8;1-3-6-4(2)5;1-2(3)4;2-1(3)4/h1-2H,(H,5,6)(H,7,8);3H,1H2,2H3;1H3,(H,3,4);(H5,2,3,4)/b2-1-;;;. The summed E-state index contributed by atoms with van der Waals surface area (Å²) in [6.07, 6.45) is 2.22. The number of hydrogen-bond donors (Lipinski definition) is 6. The van der Waals surface area contributed by atoms with Gasteiger partial charge in [0.15, 0.2) is 5.96 Å². The first kappa shape index (κ1) is 27.1. The van der Waals surface area contributed by atoms with E-state index < -0.39 is 17.9 Å². The summed E-state index contributed by atoms with van der Waals surface area (Å²) in [4.78, 5) is 37.9. The molecule has 0 heterocycles. The van der Waals surface area contributed by atoms with Gasteiger partial charge in [-0.3, -0.25) is 15.0 Å². The number of nitrogens with one attached hydrogen (secondary N) is 1. The zero-order valence-corrected chi connectivity index (χ0v) is 12.0. The highest BCUT2D eigenvalue weighted by molar-refractivity contribution is 5.89. The number of carboxylic acids is 3. The number of carbonyl (C=O) groups is 4. The van der Waals surface area contributed by atoms with Crippen molar-refractivity contribution in [2.75, 3.05) is 0 Å². The van der Waals surface area contributed by atoms with Crippen LogP contribution in [0.1, 0.15) is 13.8 Å². The van der Waals surface area contributed by atoms with Crippen LogP contribution in [0.5, 0.6) is 0 Å². The van der Waals surface area contributed by atoms with E-state index in [-0.39, 0.29) is 11.9 Å². The summed E-state index contributed by atoms with van der Waals surface area (Å²) in [7, 11) is 0. The maximum Gasteiger partial charge on any atom is 0.328 e. The van der Waals surface area contributed by atoms with Gasteiger partial charge in [0, 0.05) is 26.0 Å². The summed E-state index contributed by atoms with van der Waals surface area (Å²) >= 11 is 0. The normalized spacial score (nSPS) is 7.55. The van der Waals surface area contributed by atoms with Crippen LogP contribution >= 0.6 is 0 Å². The van der Waals surface area contributed by atoms with E-state index in [1.807, 2.05) is 0 Å². The van der Waals surface area contributed by atoms with Crippen molar-refractivity contribution in [2.45, 2.75) is 13.8 Å². The minimum atomic E-state index is -1.26. The molecule has 126 valence electrons. The number of esters is 1. The number of carbonyl (C=O) groups excluding carboxylic acids is 1. The molecule has 0 rings (SSSR count). The molecule has 0 fully saturated rings. The van der Waals surface area contributed by atoms with Gasteiger partial charge in [-0.05, 0) is 0 Å². The third-order valence-corrected chi connectivity index (χ3v) is 0.618. The molecule has 0 aromatic heterocycles. The van der Waals surface area contributed by atoms with Gasteiger partial charge in [0.25, 0.3) is 5.97 Å². The average molecular weight is 321 g/mol.